The summed E-state index contributed by atoms with van der Waals surface area (Å²) < 4.78 is 0.914. The third-order valence-corrected chi connectivity index (χ3v) is 3.03. The molecule has 0 aromatic carbocycles. The zero-order valence-electron chi connectivity index (χ0n) is 9.47. The smallest absolute Gasteiger partial charge is 0.0924 e. The molecule has 0 aliphatic rings. The van der Waals surface area contributed by atoms with E-state index in [1.807, 2.05) is 18.2 Å². The zero-order valence-corrected chi connectivity index (χ0v) is 11.1. The second-order valence-corrected chi connectivity index (χ2v) is 5.12. The van der Waals surface area contributed by atoms with Gasteiger partial charge in [0.15, 0.2) is 0 Å². The Hall–Kier alpha value is -1.26. The molecule has 0 fully saturated rings. The van der Waals surface area contributed by atoms with Gasteiger partial charge in [0.25, 0.3) is 0 Å². The van der Waals surface area contributed by atoms with Gasteiger partial charge in [-0.1, -0.05) is 6.07 Å². The summed E-state index contributed by atoms with van der Waals surface area (Å²) in [7, 11) is 0. The molecule has 17 heavy (non-hydrogen) atoms. The maximum atomic E-state index is 10.4. The first kappa shape index (κ1) is 12.2. The Morgan fingerprint density at radius 1 is 1.29 bits per heavy atom. The molecule has 2 heterocycles. The van der Waals surface area contributed by atoms with Crippen LogP contribution in [0.5, 0.6) is 0 Å². The molecule has 0 saturated heterocycles. The van der Waals surface area contributed by atoms with Gasteiger partial charge in [-0.25, -0.2) is 0 Å². The normalized spacial score (nSPS) is 14.3. The van der Waals surface area contributed by atoms with Crippen molar-refractivity contribution in [2.24, 2.45) is 0 Å². The van der Waals surface area contributed by atoms with Crippen molar-refractivity contribution in [1.82, 2.24) is 9.97 Å². The minimum atomic E-state index is -0.934. The Labute approximate surface area is 109 Å². The van der Waals surface area contributed by atoms with E-state index in [9.17, 15) is 5.11 Å². The molecular formula is C13H13BrN2O. The molecule has 88 valence electrons. The molecule has 0 amide bonds. The van der Waals surface area contributed by atoms with E-state index in [4.69, 9.17) is 0 Å². The largest absolute Gasteiger partial charge is 0.385 e. The molecule has 1 atom stereocenters. The number of rotatable bonds is 3. The lowest BCUT2D eigenvalue weighted by Crippen LogP contribution is -2.24. The number of nitrogens with zero attached hydrogens (tertiary/aromatic N) is 2. The van der Waals surface area contributed by atoms with E-state index >= 15 is 0 Å². The van der Waals surface area contributed by atoms with Crippen LogP contribution in [-0.4, -0.2) is 15.1 Å². The molecule has 0 saturated carbocycles. The molecule has 0 bridgehead atoms. The van der Waals surface area contributed by atoms with Crippen LogP contribution in [0, 0.1) is 0 Å². The Bertz CT molecular complexity index is 500. The van der Waals surface area contributed by atoms with Crippen LogP contribution in [0.4, 0.5) is 0 Å². The van der Waals surface area contributed by atoms with E-state index in [-0.39, 0.29) is 0 Å². The molecule has 2 rings (SSSR count). The van der Waals surface area contributed by atoms with Gasteiger partial charge < -0.3 is 5.11 Å². The van der Waals surface area contributed by atoms with Crippen molar-refractivity contribution in [3.63, 3.8) is 0 Å². The number of aliphatic hydroxyl groups is 1. The number of hydrogen-bond donors (Lipinski definition) is 1. The fourth-order valence-corrected chi connectivity index (χ4v) is 2.15. The van der Waals surface area contributed by atoms with E-state index < -0.39 is 5.60 Å². The van der Waals surface area contributed by atoms with E-state index in [0.29, 0.717) is 6.42 Å². The van der Waals surface area contributed by atoms with Crippen molar-refractivity contribution in [3.05, 3.63) is 58.6 Å². The first-order valence-electron chi connectivity index (χ1n) is 5.30. The number of hydrogen-bond acceptors (Lipinski definition) is 3. The minimum Gasteiger partial charge on any atom is -0.385 e. The van der Waals surface area contributed by atoms with E-state index in [1.165, 1.54) is 0 Å². The molecular weight excluding hydrogens is 280 g/mol. The highest BCUT2D eigenvalue weighted by Crippen LogP contribution is 2.25. The van der Waals surface area contributed by atoms with Crippen LogP contribution >= 0.6 is 15.9 Å². The predicted octanol–water partition coefficient (Wildman–Crippen LogP) is 2.69. The molecule has 4 heteroatoms. The topological polar surface area (TPSA) is 46.0 Å². The lowest BCUT2D eigenvalue weighted by molar-refractivity contribution is 0.0572. The highest BCUT2D eigenvalue weighted by molar-refractivity contribution is 9.10. The summed E-state index contributed by atoms with van der Waals surface area (Å²) in [4.78, 5) is 8.11. The maximum Gasteiger partial charge on any atom is 0.0924 e. The standard InChI is InChI=1S/C13H13BrN2O/c1-13(17,11-3-2-4-15-8-11)6-10-5-12(14)9-16-7-10/h2-5,7-9,17H,6H2,1H3. The molecule has 1 N–H and O–H groups in total. The van der Waals surface area contributed by atoms with Crippen LogP contribution < -0.4 is 0 Å². The van der Waals surface area contributed by atoms with Crippen molar-refractivity contribution in [2.75, 3.05) is 0 Å². The van der Waals surface area contributed by atoms with Gasteiger partial charge in [-0.05, 0) is 40.5 Å². The van der Waals surface area contributed by atoms with Gasteiger partial charge in [0.1, 0.15) is 0 Å². The Morgan fingerprint density at radius 3 is 2.76 bits per heavy atom. The zero-order chi connectivity index (χ0) is 12.3. The van der Waals surface area contributed by atoms with Gasteiger partial charge in [-0.15, -0.1) is 0 Å². The Balaban J connectivity index is 2.23. The lowest BCUT2D eigenvalue weighted by atomic mass is 9.91. The SMILES string of the molecule is CC(O)(Cc1cncc(Br)c1)c1cccnc1. The van der Waals surface area contributed by atoms with Gasteiger partial charge in [0, 0.05) is 41.2 Å². The molecule has 0 radical (unpaired) electrons. The molecule has 3 nitrogen and oxygen atoms in total. The number of pyridine rings is 2. The monoisotopic (exact) mass is 292 g/mol. The summed E-state index contributed by atoms with van der Waals surface area (Å²) in [6, 6.07) is 5.65. The summed E-state index contributed by atoms with van der Waals surface area (Å²) in [6.45, 7) is 1.78. The van der Waals surface area contributed by atoms with Crippen molar-refractivity contribution in [3.8, 4) is 0 Å². The van der Waals surface area contributed by atoms with E-state index in [2.05, 4.69) is 25.9 Å². The first-order valence-corrected chi connectivity index (χ1v) is 6.09. The fraction of sp³-hybridized carbons (Fsp3) is 0.231. The van der Waals surface area contributed by atoms with E-state index in [0.717, 1.165) is 15.6 Å². The van der Waals surface area contributed by atoms with Crippen molar-refractivity contribution in [2.45, 2.75) is 18.9 Å². The highest BCUT2D eigenvalue weighted by atomic mass is 79.9. The highest BCUT2D eigenvalue weighted by Gasteiger charge is 2.23. The summed E-state index contributed by atoms with van der Waals surface area (Å²) in [5, 5.41) is 10.4. The average Bonchev–Trinajstić information content (AvgIpc) is 2.29. The summed E-state index contributed by atoms with van der Waals surface area (Å²) in [6.07, 6.45) is 7.37. The molecule has 0 aliphatic heterocycles. The number of aromatic nitrogens is 2. The Morgan fingerprint density at radius 2 is 2.12 bits per heavy atom. The second-order valence-electron chi connectivity index (χ2n) is 4.20. The van der Waals surface area contributed by atoms with Gasteiger partial charge in [-0.3, -0.25) is 9.97 Å². The molecule has 2 aromatic rings. The van der Waals surface area contributed by atoms with Crippen LogP contribution in [-0.2, 0) is 12.0 Å². The second kappa shape index (κ2) is 4.94. The summed E-state index contributed by atoms with van der Waals surface area (Å²) >= 11 is 3.37. The molecule has 0 aliphatic carbocycles. The first-order chi connectivity index (χ1) is 8.08. The summed E-state index contributed by atoms with van der Waals surface area (Å²) in [5.41, 5.74) is 0.852. The Kier molecular flexibility index (Phi) is 3.54. The minimum absolute atomic E-state index is 0.505. The third kappa shape index (κ3) is 3.11. The van der Waals surface area contributed by atoms with Gasteiger partial charge in [-0.2, -0.15) is 0 Å². The van der Waals surface area contributed by atoms with Crippen LogP contribution in [0.1, 0.15) is 18.1 Å². The quantitative estimate of drug-likeness (QED) is 0.946. The van der Waals surface area contributed by atoms with Gasteiger partial charge in [0.05, 0.1) is 5.60 Å². The lowest BCUT2D eigenvalue weighted by Gasteiger charge is -2.23. The molecule has 0 spiro atoms. The van der Waals surface area contributed by atoms with Crippen LogP contribution in [0.2, 0.25) is 0 Å². The fourth-order valence-electron chi connectivity index (χ4n) is 1.73. The van der Waals surface area contributed by atoms with Crippen molar-refractivity contribution < 1.29 is 5.11 Å². The predicted molar refractivity (Wildman–Crippen MR) is 69.4 cm³/mol. The number of halogens is 1. The van der Waals surface area contributed by atoms with E-state index in [1.54, 1.807) is 31.7 Å². The summed E-state index contributed by atoms with van der Waals surface area (Å²) in [5.74, 6) is 0. The van der Waals surface area contributed by atoms with Crippen molar-refractivity contribution in [1.29, 1.82) is 0 Å². The van der Waals surface area contributed by atoms with Gasteiger partial charge in [0.2, 0.25) is 0 Å². The molecule has 1 unspecified atom stereocenters. The van der Waals surface area contributed by atoms with Crippen LogP contribution in [0.25, 0.3) is 0 Å². The average molecular weight is 293 g/mol. The maximum absolute atomic E-state index is 10.4. The third-order valence-electron chi connectivity index (χ3n) is 2.59. The molecule has 2 aromatic heterocycles. The van der Waals surface area contributed by atoms with Crippen LogP contribution in [0.15, 0.2) is 47.5 Å². The van der Waals surface area contributed by atoms with Gasteiger partial charge >= 0.3 is 0 Å². The van der Waals surface area contributed by atoms with Crippen molar-refractivity contribution >= 4 is 15.9 Å². The van der Waals surface area contributed by atoms with Crippen LogP contribution in [0.3, 0.4) is 0 Å².